The van der Waals surface area contributed by atoms with Crippen LogP contribution < -0.4 is 14.2 Å². The van der Waals surface area contributed by atoms with Gasteiger partial charge in [-0.05, 0) is 50.6 Å². The molecule has 7 nitrogen and oxygen atoms in total. The van der Waals surface area contributed by atoms with Crippen LogP contribution in [0.15, 0.2) is 67.0 Å². The molecule has 2 heterocycles. The highest BCUT2D eigenvalue weighted by Crippen LogP contribution is 2.40. The van der Waals surface area contributed by atoms with Crippen LogP contribution in [0.25, 0.3) is 11.1 Å². The smallest absolute Gasteiger partial charge is 0.142 e. The quantitative estimate of drug-likeness (QED) is 0.143. The van der Waals surface area contributed by atoms with E-state index < -0.39 is 0 Å². The van der Waals surface area contributed by atoms with Crippen molar-refractivity contribution in [1.29, 1.82) is 5.26 Å². The first-order chi connectivity index (χ1) is 22.0. The molecule has 5 rings (SSSR count). The third-order valence-electron chi connectivity index (χ3n) is 7.64. The molecule has 0 radical (unpaired) electrons. The molecule has 3 aromatic carbocycles. The number of aromatic nitrogens is 1. The highest BCUT2D eigenvalue weighted by Gasteiger charge is 2.17. The number of hydrogen-bond acceptors (Lipinski definition) is 7. The van der Waals surface area contributed by atoms with E-state index in [1.165, 1.54) is 38.5 Å². The van der Waals surface area contributed by atoms with Crippen molar-refractivity contribution >= 4 is 34.8 Å². The van der Waals surface area contributed by atoms with Crippen LogP contribution in [-0.4, -0.2) is 41.2 Å². The predicted octanol–water partition coefficient (Wildman–Crippen LogP) is 8.49. The highest BCUT2D eigenvalue weighted by molar-refractivity contribution is 6.37. The first kappa shape index (κ1) is 32.9. The maximum atomic E-state index is 9.88. The molecular formula is C35H34Cl3N3O4. The van der Waals surface area contributed by atoms with Gasteiger partial charge in [-0.25, -0.2) is 0 Å². The number of aliphatic hydroxyl groups is 1. The molecule has 4 aromatic rings. The van der Waals surface area contributed by atoms with Gasteiger partial charge in [-0.15, -0.1) is 0 Å². The minimum Gasteiger partial charge on any atom is -0.492 e. The van der Waals surface area contributed by atoms with E-state index in [9.17, 15) is 5.11 Å². The number of likely N-dealkylation sites (tertiary alicyclic amines) is 1. The predicted molar refractivity (Wildman–Crippen MR) is 177 cm³/mol. The van der Waals surface area contributed by atoms with Gasteiger partial charge in [0.25, 0.3) is 0 Å². The molecule has 10 heteroatoms. The number of hydrogen-bond donors (Lipinski definition) is 1. The summed E-state index contributed by atoms with van der Waals surface area (Å²) in [5.74, 6) is 1.40. The first-order valence-corrected chi connectivity index (χ1v) is 16.0. The van der Waals surface area contributed by atoms with Crippen LogP contribution in [-0.2, 0) is 19.8 Å². The van der Waals surface area contributed by atoms with Crippen LogP contribution in [0.3, 0.4) is 0 Å². The Balaban J connectivity index is 1.26. The zero-order chi connectivity index (χ0) is 31.6. The van der Waals surface area contributed by atoms with Gasteiger partial charge in [0.15, 0.2) is 0 Å². The Morgan fingerprint density at radius 2 is 1.56 bits per heavy atom. The molecule has 1 aliphatic rings. The van der Waals surface area contributed by atoms with Crippen molar-refractivity contribution in [3.05, 3.63) is 104 Å². The van der Waals surface area contributed by atoms with Gasteiger partial charge in [-0.1, -0.05) is 71.6 Å². The van der Waals surface area contributed by atoms with E-state index in [0.717, 1.165) is 29.7 Å². The summed E-state index contributed by atoms with van der Waals surface area (Å²) >= 11 is 20.2. The fraction of sp³-hybridized carbons (Fsp3) is 0.314. The molecule has 234 valence electrons. The lowest BCUT2D eigenvalue weighted by molar-refractivity contribution is 0.205. The lowest BCUT2D eigenvalue weighted by atomic mass is 10.0. The van der Waals surface area contributed by atoms with Crippen LogP contribution in [0.2, 0.25) is 15.1 Å². The van der Waals surface area contributed by atoms with Gasteiger partial charge < -0.3 is 24.2 Å². The number of pyridine rings is 1. The molecule has 1 N–H and O–H groups in total. The summed E-state index contributed by atoms with van der Waals surface area (Å²) < 4.78 is 18.1. The van der Waals surface area contributed by atoms with E-state index in [2.05, 4.69) is 16.0 Å². The van der Waals surface area contributed by atoms with Gasteiger partial charge in [0.2, 0.25) is 0 Å². The second-order valence-electron chi connectivity index (χ2n) is 10.8. The lowest BCUT2D eigenvalue weighted by Gasteiger charge is -2.26. The van der Waals surface area contributed by atoms with Crippen LogP contribution in [0, 0.1) is 11.3 Å². The molecule has 0 atom stereocenters. The Bertz CT molecular complexity index is 1650. The number of aliphatic hydroxyl groups excluding tert-OH is 1. The maximum Gasteiger partial charge on any atom is 0.142 e. The van der Waals surface area contributed by atoms with Crippen molar-refractivity contribution in [3.63, 3.8) is 0 Å². The van der Waals surface area contributed by atoms with E-state index in [1.807, 2.05) is 36.4 Å². The Morgan fingerprint density at radius 3 is 2.33 bits per heavy atom. The third kappa shape index (κ3) is 8.61. The summed E-state index contributed by atoms with van der Waals surface area (Å²) in [5, 5.41) is 20.3. The van der Waals surface area contributed by atoms with Gasteiger partial charge in [0.1, 0.15) is 36.5 Å². The molecule has 0 aliphatic carbocycles. The summed E-state index contributed by atoms with van der Waals surface area (Å²) in [6.45, 7) is 3.95. The van der Waals surface area contributed by atoms with Gasteiger partial charge >= 0.3 is 0 Å². The topological polar surface area (TPSA) is 87.8 Å². The molecule has 1 saturated heterocycles. The van der Waals surface area contributed by atoms with E-state index in [1.54, 1.807) is 24.4 Å². The van der Waals surface area contributed by atoms with Crippen LogP contribution in [0.1, 0.15) is 47.9 Å². The van der Waals surface area contributed by atoms with Gasteiger partial charge in [0.05, 0.1) is 33.8 Å². The minimum atomic E-state index is -0.276. The molecule has 0 amide bonds. The van der Waals surface area contributed by atoms with Crippen LogP contribution in [0.5, 0.6) is 17.2 Å². The maximum absolute atomic E-state index is 9.88. The lowest BCUT2D eigenvalue weighted by Crippen LogP contribution is -2.31. The molecule has 1 aliphatic heterocycles. The molecule has 0 bridgehead atoms. The monoisotopic (exact) mass is 665 g/mol. The number of benzene rings is 3. The fourth-order valence-electron chi connectivity index (χ4n) is 5.27. The second kappa shape index (κ2) is 16.2. The normalized spacial score (nSPS) is 13.3. The Hall–Kier alpha value is -3.51. The van der Waals surface area contributed by atoms with Crippen molar-refractivity contribution in [1.82, 2.24) is 9.88 Å². The van der Waals surface area contributed by atoms with Crippen LogP contribution in [0.4, 0.5) is 0 Å². The molecule has 45 heavy (non-hydrogen) atoms. The number of ether oxygens (including phenoxy) is 3. The van der Waals surface area contributed by atoms with E-state index in [-0.39, 0.29) is 19.8 Å². The van der Waals surface area contributed by atoms with Crippen molar-refractivity contribution in [2.75, 3.05) is 26.2 Å². The molecule has 0 spiro atoms. The first-order valence-electron chi connectivity index (χ1n) is 14.9. The van der Waals surface area contributed by atoms with Crippen molar-refractivity contribution in [2.45, 2.75) is 45.5 Å². The van der Waals surface area contributed by atoms with E-state index in [4.69, 9.17) is 54.3 Å². The summed E-state index contributed by atoms with van der Waals surface area (Å²) in [4.78, 5) is 6.55. The summed E-state index contributed by atoms with van der Waals surface area (Å²) in [6, 6.07) is 18.4. The zero-order valence-corrected chi connectivity index (χ0v) is 27.0. The van der Waals surface area contributed by atoms with Crippen molar-refractivity contribution in [3.8, 4) is 34.4 Å². The average molecular weight is 667 g/mol. The number of halogens is 3. The van der Waals surface area contributed by atoms with Gasteiger partial charge in [0, 0.05) is 52.8 Å². The molecule has 1 fully saturated rings. The number of piperidine rings is 1. The third-order valence-corrected chi connectivity index (χ3v) is 8.78. The SMILES string of the molecule is N#Cc1cncc(COc2cc(OCc3cccc(-c4cccc(OCCCN5CCCCC5)c4Cl)c3Cl)c(Cl)cc2CO)c1. The number of nitriles is 1. The largest absolute Gasteiger partial charge is 0.492 e. The molecule has 0 unspecified atom stereocenters. The van der Waals surface area contributed by atoms with E-state index >= 15 is 0 Å². The summed E-state index contributed by atoms with van der Waals surface area (Å²) in [7, 11) is 0. The zero-order valence-electron chi connectivity index (χ0n) is 24.8. The summed E-state index contributed by atoms with van der Waals surface area (Å²) in [6.07, 6.45) is 7.91. The Morgan fingerprint density at radius 1 is 0.800 bits per heavy atom. The average Bonchev–Trinajstić information content (AvgIpc) is 3.07. The van der Waals surface area contributed by atoms with E-state index in [0.29, 0.717) is 55.6 Å². The second-order valence-corrected chi connectivity index (χ2v) is 12.0. The van der Waals surface area contributed by atoms with Crippen LogP contribution >= 0.6 is 34.8 Å². The number of nitrogens with zero attached hydrogens (tertiary/aromatic N) is 3. The Labute approximate surface area is 278 Å². The molecule has 1 aromatic heterocycles. The highest BCUT2D eigenvalue weighted by atomic mass is 35.5. The standard InChI is InChI=1S/C35H34Cl3N3O4/c36-30-16-27(21-42)32(44-22-25-15-24(18-39)19-40-20-25)17-33(30)45-23-26-7-4-8-28(34(26)37)29-9-5-10-31(35(29)38)43-14-6-13-41-11-2-1-3-12-41/h4-5,7-10,15-17,19-20,42H,1-3,6,11-14,21-23H2. The number of rotatable bonds is 13. The van der Waals surface area contributed by atoms with Crippen molar-refractivity contribution < 1.29 is 19.3 Å². The molecule has 0 saturated carbocycles. The summed E-state index contributed by atoms with van der Waals surface area (Å²) in [5.41, 5.74) is 3.92. The minimum absolute atomic E-state index is 0.128. The van der Waals surface area contributed by atoms with Gasteiger partial charge in [-0.3, -0.25) is 4.98 Å². The fourth-order valence-corrected chi connectivity index (χ4v) is 6.08. The molecular weight excluding hydrogens is 633 g/mol. The Kier molecular flexibility index (Phi) is 11.8. The van der Waals surface area contributed by atoms with Crippen molar-refractivity contribution in [2.24, 2.45) is 0 Å². The van der Waals surface area contributed by atoms with Gasteiger partial charge in [-0.2, -0.15) is 5.26 Å².